The number of carbonyl (C=O) groups is 1. The Kier molecular flexibility index (Phi) is 5.57. The van der Waals surface area contributed by atoms with Crippen molar-refractivity contribution in [3.05, 3.63) is 135 Å². The Balaban J connectivity index is 1.53. The van der Waals surface area contributed by atoms with Crippen LogP contribution in [0.15, 0.2) is 100 Å². The molecule has 1 aliphatic rings. The molecule has 0 saturated heterocycles. The van der Waals surface area contributed by atoms with E-state index in [9.17, 15) is 9.59 Å². The number of pyridine rings is 1. The summed E-state index contributed by atoms with van der Waals surface area (Å²) in [5, 5.41) is 0.481. The van der Waals surface area contributed by atoms with Gasteiger partial charge in [0.2, 0.25) is 5.76 Å². The van der Waals surface area contributed by atoms with Gasteiger partial charge in [-0.25, -0.2) is 0 Å². The van der Waals surface area contributed by atoms with Crippen LogP contribution in [0, 0.1) is 13.8 Å². The molecule has 0 fully saturated rings. The minimum absolute atomic E-state index is 0.0905. The van der Waals surface area contributed by atoms with Gasteiger partial charge >= 0.3 is 0 Å². The molecular weight excluding hydrogens is 464 g/mol. The number of aromatic nitrogens is 1. The van der Waals surface area contributed by atoms with Gasteiger partial charge in [0.05, 0.1) is 17.0 Å². The fourth-order valence-corrected chi connectivity index (χ4v) is 5.05. The predicted octanol–water partition coefficient (Wildman–Crippen LogP) is 6.34. The Morgan fingerprint density at radius 2 is 1.73 bits per heavy atom. The van der Waals surface area contributed by atoms with Crippen LogP contribution in [0.5, 0.6) is 11.5 Å². The van der Waals surface area contributed by atoms with Crippen molar-refractivity contribution in [3.63, 3.8) is 0 Å². The zero-order valence-corrected chi connectivity index (χ0v) is 20.5. The van der Waals surface area contributed by atoms with Gasteiger partial charge < -0.3 is 14.1 Å². The second-order valence-electron chi connectivity index (χ2n) is 9.32. The highest BCUT2D eigenvalue weighted by Crippen LogP contribution is 2.40. The van der Waals surface area contributed by atoms with Crippen molar-refractivity contribution in [2.24, 2.45) is 0 Å². The van der Waals surface area contributed by atoms with Crippen LogP contribution in [-0.4, -0.2) is 15.8 Å². The summed E-state index contributed by atoms with van der Waals surface area (Å²) in [6.45, 7) is 4.11. The third kappa shape index (κ3) is 4.06. The maximum Gasteiger partial charge on any atom is 0.291 e. The number of aryl methyl sites for hydroxylation is 2. The lowest BCUT2D eigenvalue weighted by Gasteiger charge is -2.25. The molecule has 6 heteroatoms. The number of nitrogens with zero attached hydrogens (tertiary/aromatic N) is 2. The van der Waals surface area contributed by atoms with E-state index in [-0.39, 0.29) is 23.6 Å². The zero-order chi connectivity index (χ0) is 25.5. The van der Waals surface area contributed by atoms with Crippen molar-refractivity contribution >= 4 is 16.9 Å². The van der Waals surface area contributed by atoms with E-state index in [1.54, 1.807) is 17.3 Å². The first kappa shape index (κ1) is 22.7. The molecule has 0 N–H and O–H groups in total. The van der Waals surface area contributed by atoms with Crippen LogP contribution >= 0.6 is 0 Å². The molecule has 1 atom stereocenters. The number of rotatable bonds is 5. The standard InChI is InChI=1S/C31H24N2O4/c1-19-14-20(2)29-25(15-19)28(34)26-27(22-9-6-12-24(16-22)36-23-10-4-3-5-11-23)33(31(35)30(26)37-29)18-21-8-7-13-32-17-21/h3-17,27H,18H2,1-2H3/t27-/m0/s1. The van der Waals surface area contributed by atoms with Crippen LogP contribution in [-0.2, 0) is 6.54 Å². The van der Waals surface area contributed by atoms with Gasteiger partial charge in [-0.3, -0.25) is 14.6 Å². The Hall–Kier alpha value is -4.71. The van der Waals surface area contributed by atoms with Crippen LogP contribution in [0.4, 0.5) is 0 Å². The lowest BCUT2D eigenvalue weighted by atomic mass is 9.97. The summed E-state index contributed by atoms with van der Waals surface area (Å²) in [6, 6.07) is 23.9. The maximum atomic E-state index is 13.9. The lowest BCUT2D eigenvalue weighted by Crippen LogP contribution is -2.29. The van der Waals surface area contributed by atoms with E-state index in [0.29, 0.717) is 28.0 Å². The molecule has 6 nitrogen and oxygen atoms in total. The SMILES string of the molecule is Cc1cc(C)c2oc3c(c(=O)c2c1)[C@H](c1cccc(Oc2ccccc2)c1)N(Cc1cccnc1)C3=O. The molecule has 0 saturated carbocycles. The lowest BCUT2D eigenvalue weighted by molar-refractivity contribution is 0.0714. The van der Waals surface area contributed by atoms with E-state index in [4.69, 9.17) is 9.15 Å². The molecule has 1 aliphatic heterocycles. The molecule has 3 aromatic carbocycles. The minimum atomic E-state index is -0.636. The normalized spacial score (nSPS) is 14.7. The molecule has 0 spiro atoms. The number of amides is 1. The number of para-hydroxylation sites is 1. The van der Waals surface area contributed by atoms with E-state index >= 15 is 0 Å². The van der Waals surface area contributed by atoms with Crippen LogP contribution in [0.2, 0.25) is 0 Å². The summed E-state index contributed by atoms with van der Waals surface area (Å²) in [4.78, 5) is 33.6. The molecule has 182 valence electrons. The molecule has 2 aromatic heterocycles. The summed E-state index contributed by atoms with van der Waals surface area (Å²) >= 11 is 0. The van der Waals surface area contributed by atoms with Gasteiger partial charge in [-0.15, -0.1) is 0 Å². The van der Waals surface area contributed by atoms with Gasteiger partial charge in [0.1, 0.15) is 17.1 Å². The monoisotopic (exact) mass is 488 g/mol. The number of ether oxygens (including phenoxy) is 1. The zero-order valence-electron chi connectivity index (χ0n) is 20.5. The van der Waals surface area contributed by atoms with Crippen molar-refractivity contribution in [3.8, 4) is 11.5 Å². The van der Waals surface area contributed by atoms with Gasteiger partial charge in [0.15, 0.2) is 5.43 Å². The van der Waals surface area contributed by atoms with E-state index in [2.05, 4.69) is 4.98 Å². The first-order valence-electron chi connectivity index (χ1n) is 12.1. The highest BCUT2D eigenvalue weighted by Gasteiger charge is 2.43. The quantitative estimate of drug-likeness (QED) is 0.289. The summed E-state index contributed by atoms with van der Waals surface area (Å²) in [5.41, 5.74) is 4.01. The number of hydrogen-bond acceptors (Lipinski definition) is 5. The number of carbonyl (C=O) groups excluding carboxylic acids is 1. The Morgan fingerprint density at radius 1 is 0.919 bits per heavy atom. The number of hydrogen-bond donors (Lipinski definition) is 0. The van der Waals surface area contributed by atoms with Gasteiger partial charge in [-0.2, -0.15) is 0 Å². The van der Waals surface area contributed by atoms with Gasteiger partial charge in [0, 0.05) is 18.9 Å². The van der Waals surface area contributed by atoms with Crippen molar-refractivity contribution < 1.29 is 13.9 Å². The van der Waals surface area contributed by atoms with E-state index in [1.807, 2.05) is 92.7 Å². The molecular formula is C31H24N2O4. The molecule has 0 aliphatic carbocycles. The van der Waals surface area contributed by atoms with E-state index in [0.717, 1.165) is 22.3 Å². The van der Waals surface area contributed by atoms with Crippen molar-refractivity contribution in [1.82, 2.24) is 9.88 Å². The number of fused-ring (bicyclic) bond motifs is 2. The topological polar surface area (TPSA) is 72.6 Å². The smallest absolute Gasteiger partial charge is 0.291 e. The predicted molar refractivity (Wildman–Crippen MR) is 141 cm³/mol. The molecule has 1 amide bonds. The molecule has 6 rings (SSSR count). The van der Waals surface area contributed by atoms with Crippen LogP contribution in [0.25, 0.3) is 11.0 Å². The van der Waals surface area contributed by atoms with E-state index in [1.165, 1.54) is 0 Å². The Labute approximate surface area is 213 Å². The van der Waals surface area contributed by atoms with Crippen molar-refractivity contribution in [2.75, 3.05) is 0 Å². The second-order valence-corrected chi connectivity index (χ2v) is 9.32. The van der Waals surface area contributed by atoms with Gasteiger partial charge in [-0.1, -0.05) is 42.5 Å². The Bertz CT molecular complexity index is 1690. The van der Waals surface area contributed by atoms with Crippen molar-refractivity contribution in [2.45, 2.75) is 26.4 Å². The summed E-state index contributed by atoms with van der Waals surface area (Å²) in [7, 11) is 0. The maximum absolute atomic E-state index is 13.9. The average molecular weight is 489 g/mol. The van der Waals surface area contributed by atoms with Crippen LogP contribution < -0.4 is 10.2 Å². The summed E-state index contributed by atoms with van der Waals surface area (Å²) in [5.74, 6) is 1.08. The van der Waals surface area contributed by atoms with Gasteiger partial charge in [-0.05, 0) is 72.5 Å². The summed E-state index contributed by atoms with van der Waals surface area (Å²) in [6.07, 6.45) is 3.41. The molecule has 5 aromatic rings. The first-order chi connectivity index (χ1) is 18.0. The molecule has 3 heterocycles. The molecule has 0 bridgehead atoms. The molecule has 0 unspecified atom stereocenters. The summed E-state index contributed by atoms with van der Waals surface area (Å²) < 4.78 is 12.3. The van der Waals surface area contributed by atoms with Crippen molar-refractivity contribution in [1.29, 1.82) is 0 Å². The minimum Gasteiger partial charge on any atom is -0.457 e. The van der Waals surface area contributed by atoms with E-state index < -0.39 is 6.04 Å². The average Bonchev–Trinajstić information content (AvgIpc) is 3.18. The largest absolute Gasteiger partial charge is 0.457 e. The van der Waals surface area contributed by atoms with Crippen LogP contribution in [0.3, 0.4) is 0 Å². The fraction of sp³-hybridized carbons (Fsp3) is 0.129. The third-order valence-corrected chi connectivity index (χ3v) is 6.63. The van der Waals surface area contributed by atoms with Gasteiger partial charge in [0.25, 0.3) is 5.91 Å². The molecule has 0 radical (unpaired) electrons. The second kappa shape index (κ2) is 9.06. The van der Waals surface area contributed by atoms with Crippen LogP contribution in [0.1, 0.15) is 44.4 Å². The molecule has 37 heavy (non-hydrogen) atoms. The highest BCUT2D eigenvalue weighted by atomic mass is 16.5. The third-order valence-electron chi connectivity index (χ3n) is 6.63. The number of benzene rings is 3. The fourth-order valence-electron chi connectivity index (χ4n) is 5.05. The first-order valence-corrected chi connectivity index (χ1v) is 12.1. The highest BCUT2D eigenvalue weighted by molar-refractivity contribution is 5.99. The Morgan fingerprint density at radius 3 is 2.51 bits per heavy atom.